The second-order valence-electron chi connectivity index (χ2n) is 5.26. The fourth-order valence-electron chi connectivity index (χ4n) is 2.67. The highest BCUT2D eigenvalue weighted by molar-refractivity contribution is 7.79. The molecule has 2 unspecified atom stereocenters. The number of alkyl halides is 3. The van der Waals surface area contributed by atoms with E-state index in [0.29, 0.717) is 0 Å². The lowest BCUT2D eigenvalue weighted by Crippen LogP contribution is -2.18. The summed E-state index contributed by atoms with van der Waals surface area (Å²) in [5, 5.41) is 2.71. The zero-order chi connectivity index (χ0) is 17.3. The van der Waals surface area contributed by atoms with Gasteiger partial charge in [-0.2, -0.15) is 13.9 Å². The van der Waals surface area contributed by atoms with Crippen LogP contribution in [-0.2, 0) is 15.8 Å². The molecule has 6 nitrogen and oxygen atoms in total. The van der Waals surface area contributed by atoms with Crippen LogP contribution in [0.1, 0.15) is 41.1 Å². The van der Waals surface area contributed by atoms with Gasteiger partial charge in [0, 0.05) is 6.42 Å². The fraction of sp³-hybridized carbons (Fsp3) is 0.429. The van der Waals surface area contributed by atoms with Crippen LogP contribution in [0.15, 0.2) is 30.3 Å². The summed E-state index contributed by atoms with van der Waals surface area (Å²) in [6.45, 7) is -3.83. The quantitative estimate of drug-likeness (QED) is 0.801. The van der Waals surface area contributed by atoms with Crippen molar-refractivity contribution in [2.24, 2.45) is 0 Å². The van der Waals surface area contributed by atoms with Crippen molar-refractivity contribution in [3.05, 3.63) is 47.5 Å². The average Bonchev–Trinajstić information content (AvgIpc) is 3.09. The second-order valence-corrected chi connectivity index (χ2v) is 6.38. The normalized spacial score (nSPS) is 22.5. The van der Waals surface area contributed by atoms with Gasteiger partial charge in [0.1, 0.15) is 5.25 Å². The van der Waals surface area contributed by atoms with E-state index in [4.69, 9.17) is 0 Å². The molecule has 0 radical (unpaired) electrons. The monoisotopic (exact) mass is 361 g/mol. The lowest BCUT2D eigenvalue weighted by atomic mass is 10.0. The minimum atomic E-state index is -3.09. The third kappa shape index (κ3) is 3.35. The third-order valence-corrected chi connectivity index (χ3v) is 4.60. The van der Waals surface area contributed by atoms with Gasteiger partial charge in [0.05, 0.1) is 12.6 Å². The van der Waals surface area contributed by atoms with E-state index < -0.39 is 41.8 Å². The Bertz CT molecular complexity index is 729. The molecule has 2 heterocycles. The van der Waals surface area contributed by atoms with Gasteiger partial charge < -0.3 is 9.29 Å². The van der Waals surface area contributed by atoms with Gasteiger partial charge in [-0.1, -0.05) is 30.3 Å². The van der Waals surface area contributed by atoms with E-state index in [1.807, 2.05) is 18.2 Å². The van der Waals surface area contributed by atoms with Crippen LogP contribution in [0, 0.1) is 0 Å². The number of ether oxygens (including phenoxy) is 1. The molecule has 0 amide bonds. The highest BCUT2D eigenvalue weighted by Crippen LogP contribution is 2.40. The first-order valence-electron chi connectivity index (χ1n) is 7.12. The molecule has 0 aliphatic carbocycles. The Hall–Kier alpha value is -1.78. The molecule has 10 heteroatoms. The first kappa shape index (κ1) is 17.1. The van der Waals surface area contributed by atoms with Crippen molar-refractivity contribution in [3.63, 3.8) is 0 Å². The molecule has 1 aliphatic heterocycles. The molecule has 1 aliphatic rings. The van der Waals surface area contributed by atoms with E-state index in [0.717, 1.165) is 5.56 Å². The molecular weight excluding hydrogens is 347 g/mol. The molecule has 4 atom stereocenters. The molecule has 0 saturated carbocycles. The molecule has 1 aromatic heterocycles. The van der Waals surface area contributed by atoms with Crippen LogP contribution in [0.4, 0.5) is 13.2 Å². The van der Waals surface area contributed by atoms with Gasteiger partial charge in [0.15, 0.2) is 28.9 Å². The standard InChI is InChI=1S/C14H14F3N3O3S/c15-9-6-10(8-4-2-1-3-5-8)20-13(9)18-12(19-20)11(24(21)22)7-23-14(16)17/h1-5,9-11,14H,6-7H2,(H,21,22)/t9-,10-,11?/m0/s1. The number of rotatable bonds is 6. The van der Waals surface area contributed by atoms with Crippen molar-refractivity contribution in [1.82, 2.24) is 14.8 Å². The van der Waals surface area contributed by atoms with Crippen LogP contribution in [0.3, 0.4) is 0 Å². The Kier molecular flexibility index (Phi) is 4.97. The number of fused-ring (bicyclic) bond motifs is 1. The predicted molar refractivity (Wildman–Crippen MR) is 78.5 cm³/mol. The molecule has 0 bridgehead atoms. The van der Waals surface area contributed by atoms with Gasteiger partial charge in [-0.15, -0.1) is 0 Å². The number of halogens is 3. The number of nitrogens with zero attached hydrogens (tertiary/aromatic N) is 3. The molecule has 24 heavy (non-hydrogen) atoms. The Morgan fingerprint density at radius 3 is 2.71 bits per heavy atom. The van der Waals surface area contributed by atoms with Gasteiger partial charge in [0.25, 0.3) is 0 Å². The van der Waals surface area contributed by atoms with Crippen molar-refractivity contribution in [3.8, 4) is 0 Å². The van der Waals surface area contributed by atoms with Crippen molar-refractivity contribution >= 4 is 11.1 Å². The van der Waals surface area contributed by atoms with E-state index >= 15 is 0 Å². The Morgan fingerprint density at radius 1 is 1.38 bits per heavy atom. The van der Waals surface area contributed by atoms with E-state index in [9.17, 15) is 21.9 Å². The topological polar surface area (TPSA) is 77.2 Å². The summed E-state index contributed by atoms with van der Waals surface area (Å²) in [6.07, 6.45) is -1.24. The first-order chi connectivity index (χ1) is 11.5. The predicted octanol–water partition coefficient (Wildman–Crippen LogP) is 2.78. The van der Waals surface area contributed by atoms with Gasteiger partial charge in [-0.3, -0.25) is 0 Å². The van der Waals surface area contributed by atoms with E-state index in [1.165, 1.54) is 4.68 Å². The van der Waals surface area contributed by atoms with Crippen molar-refractivity contribution in [2.45, 2.75) is 30.5 Å². The Morgan fingerprint density at radius 2 is 2.08 bits per heavy atom. The van der Waals surface area contributed by atoms with Crippen molar-refractivity contribution in [2.75, 3.05) is 6.61 Å². The summed E-state index contributed by atoms with van der Waals surface area (Å²) >= 11 is -2.53. The summed E-state index contributed by atoms with van der Waals surface area (Å²) in [6, 6.07) is 8.67. The smallest absolute Gasteiger partial charge is 0.321 e. The van der Waals surface area contributed by atoms with Crippen LogP contribution in [0.25, 0.3) is 0 Å². The SMILES string of the molecule is O=S(O)C(COC(F)F)c1nc2n(n1)[C@H](c1ccccc1)C[C@@H]2F. The second kappa shape index (κ2) is 6.99. The van der Waals surface area contributed by atoms with Crippen LogP contribution in [0.5, 0.6) is 0 Å². The van der Waals surface area contributed by atoms with Crippen LogP contribution in [0.2, 0.25) is 0 Å². The lowest BCUT2D eigenvalue weighted by Gasteiger charge is -2.13. The minimum Gasteiger partial charge on any atom is -0.321 e. The molecule has 0 spiro atoms. The first-order valence-corrected chi connectivity index (χ1v) is 8.29. The van der Waals surface area contributed by atoms with Crippen LogP contribution in [-0.4, -0.2) is 36.7 Å². The van der Waals surface area contributed by atoms with Crippen LogP contribution < -0.4 is 0 Å². The molecule has 0 fully saturated rings. The summed E-state index contributed by atoms with van der Waals surface area (Å²) < 4.78 is 64.7. The third-order valence-electron chi connectivity index (χ3n) is 3.77. The van der Waals surface area contributed by atoms with E-state index in [-0.39, 0.29) is 18.1 Å². The van der Waals surface area contributed by atoms with Gasteiger partial charge in [-0.25, -0.2) is 18.3 Å². The fourth-order valence-corrected chi connectivity index (χ4v) is 3.14. The molecule has 1 aromatic carbocycles. The van der Waals surface area contributed by atoms with Crippen LogP contribution >= 0.6 is 0 Å². The highest BCUT2D eigenvalue weighted by Gasteiger charge is 2.37. The number of benzene rings is 1. The zero-order valence-electron chi connectivity index (χ0n) is 12.3. The van der Waals surface area contributed by atoms with Crippen molar-refractivity contribution in [1.29, 1.82) is 0 Å². The lowest BCUT2D eigenvalue weighted by molar-refractivity contribution is -0.128. The maximum atomic E-state index is 14.2. The van der Waals surface area contributed by atoms with Crippen molar-refractivity contribution < 1.29 is 26.7 Å². The number of hydrogen-bond acceptors (Lipinski definition) is 4. The molecule has 130 valence electrons. The minimum absolute atomic E-state index is 0.0198. The average molecular weight is 361 g/mol. The molecule has 3 rings (SSSR count). The Labute approximate surface area is 137 Å². The Balaban J connectivity index is 1.91. The highest BCUT2D eigenvalue weighted by atomic mass is 32.2. The summed E-state index contributed by atoms with van der Waals surface area (Å²) in [7, 11) is 0. The zero-order valence-corrected chi connectivity index (χ0v) is 13.1. The molecule has 0 saturated heterocycles. The number of hydrogen-bond donors (Lipinski definition) is 1. The summed E-state index contributed by atoms with van der Waals surface area (Å²) in [5.41, 5.74) is 0.820. The largest absolute Gasteiger partial charge is 0.345 e. The maximum Gasteiger partial charge on any atom is 0.345 e. The summed E-state index contributed by atoms with van der Waals surface area (Å²) in [5.74, 6) is -0.166. The molecular formula is C14H14F3N3O3S. The van der Waals surface area contributed by atoms with Gasteiger partial charge >= 0.3 is 6.61 Å². The summed E-state index contributed by atoms with van der Waals surface area (Å²) in [4.78, 5) is 3.95. The maximum absolute atomic E-state index is 14.2. The van der Waals surface area contributed by atoms with Gasteiger partial charge in [0.2, 0.25) is 0 Å². The van der Waals surface area contributed by atoms with E-state index in [2.05, 4.69) is 14.8 Å². The molecule has 1 N–H and O–H groups in total. The van der Waals surface area contributed by atoms with E-state index in [1.54, 1.807) is 12.1 Å². The number of aromatic nitrogens is 3. The van der Waals surface area contributed by atoms with Gasteiger partial charge in [-0.05, 0) is 5.56 Å². The molecule has 2 aromatic rings.